The van der Waals surface area contributed by atoms with Crippen molar-refractivity contribution in [1.29, 1.82) is 0 Å². The van der Waals surface area contributed by atoms with Crippen LogP contribution in [0.25, 0.3) is 10.8 Å². The molecule has 0 spiro atoms. The van der Waals surface area contributed by atoms with Crippen molar-refractivity contribution in [2.45, 2.75) is 104 Å². The van der Waals surface area contributed by atoms with Gasteiger partial charge < -0.3 is 54.7 Å². The van der Waals surface area contributed by atoms with E-state index in [4.69, 9.17) is 18.9 Å². The summed E-state index contributed by atoms with van der Waals surface area (Å²) >= 11 is 0. The molecule has 21 nitrogen and oxygen atoms in total. The van der Waals surface area contributed by atoms with Gasteiger partial charge >= 0.3 is 17.8 Å². The summed E-state index contributed by atoms with van der Waals surface area (Å²) in [4.78, 5) is 77.6. The van der Waals surface area contributed by atoms with Crippen LogP contribution in [0.1, 0.15) is 88.9 Å². The zero-order valence-electron chi connectivity index (χ0n) is 44.7. The van der Waals surface area contributed by atoms with Crippen LogP contribution in [0.4, 0.5) is 10.5 Å². The molecule has 0 saturated carbocycles. The Morgan fingerprint density at radius 2 is 1.49 bits per heavy atom. The number of nitrogens with one attached hydrogen (secondary N) is 3. The fraction of sp³-hybridized carbons (Fsp3) is 0.473. The summed E-state index contributed by atoms with van der Waals surface area (Å²) in [6.07, 6.45) is 5.15. The van der Waals surface area contributed by atoms with Crippen molar-refractivity contribution in [3.05, 3.63) is 88.7 Å². The minimum Gasteiger partial charge on any atom is -0.507 e. The third kappa shape index (κ3) is 11.4. The average Bonchev–Trinajstić information content (AvgIpc) is 3.65. The minimum atomic E-state index is -2.04. The van der Waals surface area contributed by atoms with Gasteiger partial charge in [0.15, 0.2) is 11.2 Å². The SMILES string of the molecule is CCC1(c2ccccc2)C(=O)NC(=O)NC1=O.CO[C@H]1/C=C/O[C@@]2(C)Oc3c(C)c(O)c4c(O)c(c(/C=N/N5CCN(C)CC5)c(O)c4c3C2=O)NC(=O)/C(C)=C\C=C\[C@H](C)[C@H](O)[C@@H](C)[C@@H](O)[C@@H](C)[C@H](OC(C)=O)[C@@H]1C. The number of carbonyl (C=O) groups excluding carboxylic acids is 6. The number of hydrogen-bond acceptors (Lipinski definition) is 18. The van der Waals surface area contributed by atoms with Crippen molar-refractivity contribution in [1.82, 2.24) is 20.5 Å². The van der Waals surface area contributed by atoms with Crippen LogP contribution < -0.4 is 20.7 Å². The van der Waals surface area contributed by atoms with Gasteiger partial charge in [-0.1, -0.05) is 83.2 Å². The summed E-state index contributed by atoms with van der Waals surface area (Å²) in [5, 5.41) is 71.1. The van der Waals surface area contributed by atoms with Gasteiger partial charge in [-0.15, -0.1) is 0 Å². The fourth-order valence-electron chi connectivity index (χ4n) is 9.99. The van der Waals surface area contributed by atoms with E-state index in [2.05, 4.69) is 26.0 Å². The lowest BCUT2D eigenvalue weighted by atomic mass is 9.75. The number of allylic oxidation sites excluding steroid dienone is 2. The number of aliphatic hydroxyl groups excluding tert-OH is 2. The van der Waals surface area contributed by atoms with Gasteiger partial charge in [-0.05, 0) is 39.0 Å². The highest BCUT2D eigenvalue weighted by molar-refractivity contribution is 6.24. The zero-order valence-corrected chi connectivity index (χ0v) is 44.7. The number of aromatic hydroxyl groups is 3. The lowest BCUT2D eigenvalue weighted by Gasteiger charge is -2.38. The van der Waals surface area contributed by atoms with Crippen molar-refractivity contribution in [3.8, 4) is 23.0 Å². The van der Waals surface area contributed by atoms with E-state index in [1.165, 1.54) is 59.4 Å². The number of esters is 1. The Morgan fingerprint density at radius 1 is 0.855 bits per heavy atom. The number of ether oxygens (including phenoxy) is 4. The van der Waals surface area contributed by atoms with Crippen LogP contribution in [-0.2, 0) is 38.8 Å². The second-order valence-corrected chi connectivity index (χ2v) is 20.0. The number of piperazine rings is 1. The summed E-state index contributed by atoms with van der Waals surface area (Å²) in [5.74, 6) is -9.48. The van der Waals surface area contributed by atoms with E-state index in [1.54, 1.807) is 82.1 Å². The summed E-state index contributed by atoms with van der Waals surface area (Å²) < 4.78 is 23.6. The van der Waals surface area contributed by atoms with Crippen LogP contribution in [0, 0.1) is 30.6 Å². The van der Waals surface area contributed by atoms with E-state index in [-0.39, 0.29) is 44.5 Å². The van der Waals surface area contributed by atoms with Crippen LogP contribution >= 0.6 is 0 Å². The Kier molecular flexibility index (Phi) is 18.1. The third-order valence-electron chi connectivity index (χ3n) is 14.9. The van der Waals surface area contributed by atoms with E-state index in [0.29, 0.717) is 25.1 Å². The predicted molar refractivity (Wildman–Crippen MR) is 281 cm³/mol. The van der Waals surface area contributed by atoms with Crippen LogP contribution in [0.3, 0.4) is 0 Å². The number of benzene rings is 3. The van der Waals surface area contributed by atoms with E-state index in [9.17, 15) is 54.3 Å². The number of hydrogen-bond donors (Lipinski definition) is 8. The van der Waals surface area contributed by atoms with Gasteiger partial charge in [-0.2, -0.15) is 5.10 Å². The Bertz CT molecular complexity index is 2840. The van der Waals surface area contributed by atoms with E-state index in [1.807, 2.05) is 7.05 Å². The van der Waals surface area contributed by atoms with E-state index in [0.717, 1.165) is 13.1 Å². The molecule has 2 saturated heterocycles. The number of carbonyl (C=O) groups is 6. The number of urea groups is 1. The van der Waals surface area contributed by atoms with Gasteiger partial charge in [0, 0.05) is 87.3 Å². The van der Waals surface area contributed by atoms with Crippen molar-refractivity contribution < 1.29 is 73.2 Å². The maximum Gasteiger partial charge on any atom is 0.328 e. The second kappa shape index (κ2) is 23.7. The molecule has 5 aliphatic rings. The number of methoxy groups -OCH3 is 1. The topological polar surface area (TPSA) is 295 Å². The number of amides is 5. The molecule has 8 N–H and O–H groups in total. The van der Waals surface area contributed by atoms with Crippen molar-refractivity contribution in [3.63, 3.8) is 0 Å². The maximum atomic E-state index is 14.4. The first kappa shape index (κ1) is 57.9. The number of anilines is 1. The molecule has 3 aromatic carbocycles. The number of aliphatic hydroxyl groups is 2. The fourth-order valence-corrected chi connectivity index (χ4v) is 9.99. The van der Waals surface area contributed by atoms with Gasteiger partial charge in [0.1, 0.15) is 23.4 Å². The number of likely N-dealkylation sites (N-methyl/N-ethyl adjacent to an activating group) is 1. The first-order valence-electron chi connectivity index (χ1n) is 25.1. The lowest BCUT2D eigenvalue weighted by Crippen LogP contribution is -2.64. The van der Waals surface area contributed by atoms with Gasteiger partial charge in [-0.25, -0.2) is 4.79 Å². The van der Waals surface area contributed by atoms with Crippen LogP contribution in [0.2, 0.25) is 0 Å². The Hall–Kier alpha value is -7.33. The summed E-state index contributed by atoms with van der Waals surface area (Å²) in [6.45, 7) is 16.8. The van der Waals surface area contributed by atoms with Gasteiger partial charge in [0.25, 0.3) is 11.7 Å². The monoisotopic (exact) mass is 1050 g/mol. The standard InChI is InChI=1S/C43H58N4O12.C12H12N2O3/c1-21-12-11-13-22(2)42(55)45-33-28(20-44-47-17-15-46(9)16-18-47)37(52)30-31(38(33)53)36(51)26(6)40-32(30)41(54)43(8,59-40)57-19-14-29(56-10)23(3)39(58-27(7)48)25(5)35(50)24(4)34(21)49;1-2-12(8-6-4-3-5-7-8)9(15)13-11(17)14-10(12)16/h11-14,19-21,23-25,29,34-35,39,49-53H,15-18H2,1-10H3,(H,45,55);3-7H,2H2,1H3,(H2,13,14,15,16,17)/b12-11+,19-14+,22-13-,44-20+;/t21-,23+,24+,25+,29-,34-,35+,39+,43-;/m0./s1. The van der Waals surface area contributed by atoms with E-state index < -0.39 is 112 Å². The molecule has 2 fully saturated rings. The number of imide groups is 2. The first-order chi connectivity index (χ1) is 35.8. The van der Waals surface area contributed by atoms with Crippen molar-refractivity contribution in [2.75, 3.05) is 45.7 Å². The molecule has 410 valence electrons. The number of ketones is 1. The Balaban J connectivity index is 0.000000464. The molecule has 0 unspecified atom stereocenters. The van der Waals surface area contributed by atoms with Crippen LogP contribution in [0.15, 0.2) is 71.6 Å². The molecular formula is C55H70N6O15. The number of phenols is 3. The number of Topliss-reactive ketones (excluding diaryl/α,β-unsaturated/α-hetero) is 1. The van der Waals surface area contributed by atoms with Gasteiger partial charge in [0.05, 0.1) is 53.0 Å². The molecule has 8 rings (SSSR count). The van der Waals surface area contributed by atoms with Gasteiger partial charge in [0.2, 0.25) is 11.8 Å². The van der Waals surface area contributed by atoms with E-state index >= 15 is 0 Å². The molecule has 5 bridgehead atoms. The third-order valence-corrected chi connectivity index (χ3v) is 14.9. The molecule has 0 aliphatic carbocycles. The average molecular weight is 1060 g/mol. The minimum absolute atomic E-state index is 0.0559. The van der Waals surface area contributed by atoms with Crippen molar-refractivity contribution >= 4 is 58.2 Å². The number of barbiturate groups is 1. The number of nitrogens with zero attached hydrogens (tertiary/aromatic N) is 3. The molecule has 5 aliphatic heterocycles. The molecule has 0 aromatic heterocycles. The molecule has 5 heterocycles. The molecule has 76 heavy (non-hydrogen) atoms. The lowest BCUT2D eigenvalue weighted by molar-refractivity contribution is -0.160. The largest absolute Gasteiger partial charge is 0.507 e. The molecule has 5 amide bonds. The molecule has 3 aromatic rings. The molecule has 9 atom stereocenters. The van der Waals surface area contributed by atoms with Crippen LogP contribution in [0.5, 0.6) is 23.0 Å². The summed E-state index contributed by atoms with van der Waals surface area (Å²) in [6, 6.07) is 7.96. The number of fused-ring (bicyclic) bond motifs is 14. The normalized spacial score (nSPS) is 29.0. The maximum absolute atomic E-state index is 14.4. The second-order valence-electron chi connectivity index (χ2n) is 20.0. The Labute approximate surface area is 441 Å². The predicted octanol–water partition coefficient (Wildman–Crippen LogP) is 5.04. The molecular weight excluding hydrogens is 985 g/mol. The first-order valence-corrected chi connectivity index (χ1v) is 25.1. The quantitative estimate of drug-likeness (QED) is 0.0528. The van der Waals surface area contributed by atoms with Crippen molar-refractivity contribution in [2.24, 2.45) is 28.8 Å². The van der Waals surface area contributed by atoms with Crippen LogP contribution in [-0.4, -0.2) is 148 Å². The molecule has 21 heteroatoms. The number of hydrazone groups is 1. The Morgan fingerprint density at radius 3 is 2.08 bits per heavy atom. The highest BCUT2D eigenvalue weighted by Crippen LogP contribution is 2.55. The number of rotatable bonds is 6. The highest BCUT2D eigenvalue weighted by Gasteiger charge is 2.51. The summed E-state index contributed by atoms with van der Waals surface area (Å²) in [7, 11) is 3.42. The smallest absolute Gasteiger partial charge is 0.328 e. The number of phenolic OH excluding ortho intramolecular Hbond substituents is 3. The summed E-state index contributed by atoms with van der Waals surface area (Å²) in [5.41, 5.74) is -1.07. The molecule has 0 radical (unpaired) electrons. The van der Waals surface area contributed by atoms with Gasteiger partial charge in [-0.3, -0.25) is 39.6 Å². The highest BCUT2D eigenvalue weighted by atomic mass is 16.7. The zero-order chi connectivity index (χ0) is 56.1.